The van der Waals surface area contributed by atoms with Crippen molar-refractivity contribution >= 4 is 5.91 Å². The van der Waals surface area contributed by atoms with Crippen molar-refractivity contribution in [1.82, 2.24) is 30.0 Å². The molecule has 0 atom stereocenters. The van der Waals surface area contributed by atoms with Crippen molar-refractivity contribution in [1.29, 1.82) is 0 Å². The van der Waals surface area contributed by atoms with Crippen molar-refractivity contribution < 1.29 is 4.79 Å². The molecular formula is C19H30N6O. The Hall–Kier alpha value is -2.28. The Morgan fingerprint density at radius 1 is 1.19 bits per heavy atom. The normalized spacial score (nSPS) is 11.3. The Balaban J connectivity index is 2.17. The van der Waals surface area contributed by atoms with Gasteiger partial charge in [-0.25, -0.2) is 4.68 Å². The van der Waals surface area contributed by atoms with E-state index in [2.05, 4.69) is 48.1 Å². The highest BCUT2D eigenvalue weighted by atomic mass is 16.2. The lowest BCUT2D eigenvalue weighted by Gasteiger charge is -2.28. The van der Waals surface area contributed by atoms with Gasteiger partial charge in [0.25, 0.3) is 5.91 Å². The molecule has 0 N–H and O–H groups in total. The summed E-state index contributed by atoms with van der Waals surface area (Å²) in [7, 11) is 0. The maximum absolute atomic E-state index is 13.1. The van der Waals surface area contributed by atoms with Crippen LogP contribution in [0.15, 0.2) is 24.5 Å². The molecule has 0 saturated heterocycles. The van der Waals surface area contributed by atoms with E-state index in [-0.39, 0.29) is 5.91 Å². The summed E-state index contributed by atoms with van der Waals surface area (Å²) in [6.45, 7) is 15.0. The van der Waals surface area contributed by atoms with Crippen molar-refractivity contribution in [3.8, 4) is 5.69 Å². The van der Waals surface area contributed by atoms with Crippen molar-refractivity contribution in [2.24, 2.45) is 5.92 Å². The molecule has 1 amide bonds. The lowest BCUT2D eigenvalue weighted by atomic mass is 10.1. The number of nitrogens with zero attached hydrogens (tertiary/aromatic N) is 6. The second-order valence-electron chi connectivity index (χ2n) is 6.93. The van der Waals surface area contributed by atoms with Gasteiger partial charge in [-0.2, -0.15) is 0 Å². The number of aromatic nitrogens is 4. The molecule has 0 saturated carbocycles. The number of amides is 1. The first kappa shape index (κ1) is 20.0. The predicted octanol–water partition coefficient (Wildman–Crippen LogP) is 2.41. The van der Waals surface area contributed by atoms with Crippen LogP contribution in [0.2, 0.25) is 0 Å². The van der Waals surface area contributed by atoms with Gasteiger partial charge in [0, 0.05) is 25.2 Å². The maximum Gasteiger partial charge on any atom is 0.253 e. The SMILES string of the molecule is CCN(CC)CCN(CC(C)C)C(=O)c1ccc(-n2cnnn2)c(C)c1. The fourth-order valence-electron chi connectivity index (χ4n) is 3.02. The first-order chi connectivity index (χ1) is 12.5. The summed E-state index contributed by atoms with van der Waals surface area (Å²) in [4.78, 5) is 17.4. The molecule has 26 heavy (non-hydrogen) atoms. The zero-order valence-electron chi connectivity index (χ0n) is 16.5. The number of benzene rings is 1. The number of hydrogen-bond donors (Lipinski definition) is 0. The van der Waals surface area contributed by atoms with E-state index in [9.17, 15) is 4.79 Å². The Morgan fingerprint density at radius 2 is 1.92 bits per heavy atom. The van der Waals surface area contributed by atoms with Crippen LogP contribution in [0.1, 0.15) is 43.6 Å². The maximum atomic E-state index is 13.1. The van der Waals surface area contributed by atoms with E-state index in [1.807, 2.05) is 30.0 Å². The smallest absolute Gasteiger partial charge is 0.253 e. The minimum atomic E-state index is 0.0808. The molecule has 0 spiro atoms. The summed E-state index contributed by atoms with van der Waals surface area (Å²) in [5, 5.41) is 11.3. The van der Waals surface area contributed by atoms with Gasteiger partial charge >= 0.3 is 0 Å². The molecule has 0 bridgehead atoms. The monoisotopic (exact) mass is 358 g/mol. The van der Waals surface area contributed by atoms with Crippen molar-refractivity contribution in [3.63, 3.8) is 0 Å². The van der Waals surface area contributed by atoms with E-state index in [1.54, 1.807) is 11.0 Å². The summed E-state index contributed by atoms with van der Waals surface area (Å²) in [6, 6.07) is 5.68. The third-order valence-electron chi connectivity index (χ3n) is 4.49. The summed E-state index contributed by atoms with van der Waals surface area (Å²) in [5.74, 6) is 0.509. The van der Waals surface area contributed by atoms with Crippen LogP contribution in [0.5, 0.6) is 0 Å². The van der Waals surface area contributed by atoms with Gasteiger partial charge in [-0.05, 0) is 60.1 Å². The van der Waals surface area contributed by atoms with E-state index in [0.717, 1.165) is 44.0 Å². The van der Waals surface area contributed by atoms with Crippen LogP contribution in [0, 0.1) is 12.8 Å². The van der Waals surface area contributed by atoms with E-state index >= 15 is 0 Å². The fourth-order valence-corrected chi connectivity index (χ4v) is 3.02. The van der Waals surface area contributed by atoms with E-state index in [0.29, 0.717) is 11.5 Å². The predicted molar refractivity (Wildman–Crippen MR) is 102 cm³/mol. The Kier molecular flexibility index (Phi) is 7.26. The summed E-state index contributed by atoms with van der Waals surface area (Å²) >= 11 is 0. The van der Waals surface area contributed by atoms with Gasteiger partial charge in [-0.15, -0.1) is 5.10 Å². The van der Waals surface area contributed by atoms with Gasteiger partial charge < -0.3 is 9.80 Å². The molecule has 7 nitrogen and oxygen atoms in total. The molecule has 0 radical (unpaired) electrons. The van der Waals surface area contributed by atoms with E-state index < -0.39 is 0 Å². The largest absolute Gasteiger partial charge is 0.337 e. The average molecular weight is 358 g/mol. The molecule has 1 heterocycles. The van der Waals surface area contributed by atoms with Crippen LogP contribution in [-0.4, -0.2) is 68.6 Å². The minimum Gasteiger partial charge on any atom is -0.337 e. The number of carbonyl (C=O) groups excluding carboxylic acids is 1. The molecule has 0 aliphatic carbocycles. The zero-order chi connectivity index (χ0) is 19.1. The minimum absolute atomic E-state index is 0.0808. The molecule has 0 aliphatic heterocycles. The van der Waals surface area contributed by atoms with Gasteiger partial charge in [-0.1, -0.05) is 27.7 Å². The van der Waals surface area contributed by atoms with Gasteiger partial charge in [-0.3, -0.25) is 4.79 Å². The molecule has 0 fully saturated rings. The standard InChI is InChI=1S/C19H30N6O/c1-6-23(7-2)10-11-24(13-15(3)4)19(26)17-8-9-18(16(5)12-17)25-14-20-21-22-25/h8-9,12,14-15H,6-7,10-11,13H2,1-5H3. The van der Waals surface area contributed by atoms with Gasteiger partial charge in [0.2, 0.25) is 0 Å². The van der Waals surface area contributed by atoms with Crippen LogP contribution < -0.4 is 0 Å². The Bertz CT molecular complexity index is 694. The second-order valence-corrected chi connectivity index (χ2v) is 6.93. The summed E-state index contributed by atoms with van der Waals surface area (Å²) < 4.78 is 1.61. The number of hydrogen-bond acceptors (Lipinski definition) is 5. The third-order valence-corrected chi connectivity index (χ3v) is 4.49. The molecule has 0 unspecified atom stereocenters. The van der Waals surface area contributed by atoms with Crippen LogP contribution in [0.25, 0.3) is 5.69 Å². The lowest BCUT2D eigenvalue weighted by molar-refractivity contribution is 0.0716. The Labute approximate surface area is 156 Å². The molecule has 1 aromatic carbocycles. The number of carbonyl (C=O) groups is 1. The van der Waals surface area contributed by atoms with Crippen LogP contribution in [0.3, 0.4) is 0 Å². The van der Waals surface area contributed by atoms with Gasteiger partial charge in [0.05, 0.1) is 5.69 Å². The highest BCUT2D eigenvalue weighted by Gasteiger charge is 2.18. The first-order valence-corrected chi connectivity index (χ1v) is 9.31. The summed E-state index contributed by atoms with van der Waals surface area (Å²) in [6.07, 6.45) is 1.55. The van der Waals surface area contributed by atoms with Crippen LogP contribution in [0.4, 0.5) is 0 Å². The number of aryl methyl sites for hydroxylation is 1. The zero-order valence-corrected chi connectivity index (χ0v) is 16.5. The first-order valence-electron chi connectivity index (χ1n) is 9.31. The summed E-state index contributed by atoms with van der Waals surface area (Å²) in [5.41, 5.74) is 2.56. The van der Waals surface area contributed by atoms with Crippen molar-refractivity contribution in [2.75, 3.05) is 32.7 Å². The molecule has 1 aromatic heterocycles. The molecule has 142 valence electrons. The number of likely N-dealkylation sites (N-methyl/N-ethyl adjacent to an activating group) is 1. The van der Waals surface area contributed by atoms with Crippen molar-refractivity contribution in [2.45, 2.75) is 34.6 Å². The lowest BCUT2D eigenvalue weighted by Crippen LogP contribution is -2.40. The molecule has 2 aromatic rings. The highest BCUT2D eigenvalue weighted by molar-refractivity contribution is 5.94. The topological polar surface area (TPSA) is 67.2 Å². The molecule has 2 rings (SSSR count). The average Bonchev–Trinajstić information content (AvgIpc) is 3.14. The van der Waals surface area contributed by atoms with E-state index in [4.69, 9.17) is 0 Å². The van der Waals surface area contributed by atoms with Crippen LogP contribution >= 0.6 is 0 Å². The second kappa shape index (κ2) is 9.43. The van der Waals surface area contributed by atoms with Gasteiger partial charge in [0.15, 0.2) is 0 Å². The quantitative estimate of drug-likeness (QED) is 0.689. The highest BCUT2D eigenvalue weighted by Crippen LogP contribution is 2.16. The van der Waals surface area contributed by atoms with E-state index in [1.165, 1.54) is 0 Å². The molecule has 0 aliphatic rings. The number of tetrazole rings is 1. The molecule has 7 heteroatoms. The number of rotatable bonds is 9. The van der Waals surface area contributed by atoms with Crippen molar-refractivity contribution in [3.05, 3.63) is 35.7 Å². The molecular weight excluding hydrogens is 328 g/mol. The third kappa shape index (κ3) is 5.11. The van der Waals surface area contributed by atoms with Gasteiger partial charge in [0.1, 0.15) is 6.33 Å². The fraction of sp³-hybridized carbons (Fsp3) is 0.579. The Morgan fingerprint density at radius 3 is 2.46 bits per heavy atom. The van der Waals surface area contributed by atoms with Crippen LogP contribution in [-0.2, 0) is 0 Å².